The minimum absolute atomic E-state index is 0.0407. The Hall–Kier alpha value is -3.21. The third kappa shape index (κ3) is 4.39. The molecule has 2 aromatic rings. The molecule has 0 heterocycles. The lowest BCUT2D eigenvalue weighted by Crippen LogP contribution is -2.26. The maximum absolute atomic E-state index is 9.39. The lowest BCUT2D eigenvalue weighted by atomic mass is 10.0. The molecule has 0 unspecified atom stereocenters. The van der Waals surface area contributed by atoms with E-state index in [1.165, 1.54) is 0 Å². The Labute approximate surface area is 142 Å². The van der Waals surface area contributed by atoms with Crippen LogP contribution in [0.1, 0.15) is 11.1 Å². The number of terminal acetylenes is 1. The highest BCUT2D eigenvalue weighted by Crippen LogP contribution is 2.21. The lowest BCUT2D eigenvalue weighted by molar-refractivity contribution is 0.303. The van der Waals surface area contributed by atoms with E-state index < -0.39 is 0 Å². The van der Waals surface area contributed by atoms with Crippen molar-refractivity contribution in [3.05, 3.63) is 59.7 Å². The van der Waals surface area contributed by atoms with E-state index in [9.17, 15) is 5.26 Å². The van der Waals surface area contributed by atoms with E-state index in [4.69, 9.17) is 17.3 Å². The molecule has 0 saturated carbocycles. The highest BCUT2D eigenvalue weighted by Gasteiger charge is 2.05. The molecule has 3 N–H and O–H groups in total. The molecule has 0 fully saturated rings. The second-order valence-electron chi connectivity index (χ2n) is 5.23. The Morgan fingerprint density at radius 3 is 2.38 bits per heavy atom. The molecule has 0 amide bonds. The van der Waals surface area contributed by atoms with Crippen LogP contribution in [-0.2, 0) is 0 Å². The Balaban J connectivity index is 2.24. The van der Waals surface area contributed by atoms with Crippen LogP contribution in [0.25, 0.3) is 11.6 Å². The van der Waals surface area contributed by atoms with Gasteiger partial charge in [-0.1, -0.05) is 30.2 Å². The van der Waals surface area contributed by atoms with Gasteiger partial charge in [0, 0.05) is 17.9 Å². The minimum Gasteiger partial charge on any atom is -0.399 e. The molecule has 0 bridgehead atoms. The summed E-state index contributed by atoms with van der Waals surface area (Å²) < 4.78 is 0. The van der Waals surface area contributed by atoms with Crippen molar-refractivity contribution in [2.75, 3.05) is 30.3 Å². The van der Waals surface area contributed by atoms with Crippen molar-refractivity contribution in [2.45, 2.75) is 0 Å². The first-order valence-electron chi connectivity index (χ1n) is 7.55. The maximum atomic E-state index is 9.39. The third-order valence-corrected chi connectivity index (χ3v) is 3.56. The predicted molar refractivity (Wildman–Crippen MR) is 98.9 cm³/mol. The van der Waals surface area contributed by atoms with E-state index in [0.717, 1.165) is 16.8 Å². The number of benzene rings is 2. The molecule has 0 aliphatic heterocycles. The number of hydrogen-bond acceptors (Lipinski definition) is 4. The lowest BCUT2D eigenvalue weighted by Gasteiger charge is -2.21. The normalized spacial score (nSPS) is 10.7. The second kappa shape index (κ2) is 8.43. The fraction of sp³-hybridized carbons (Fsp3) is 0.150. The summed E-state index contributed by atoms with van der Waals surface area (Å²) in [6.07, 6.45) is 7.18. The second-order valence-corrected chi connectivity index (χ2v) is 5.23. The fourth-order valence-corrected chi connectivity index (χ4v) is 2.32. The molecular weight excluding hydrogens is 298 g/mol. The number of aliphatic hydroxyl groups is 1. The van der Waals surface area contributed by atoms with E-state index in [0.29, 0.717) is 24.4 Å². The van der Waals surface area contributed by atoms with Gasteiger partial charge in [-0.15, -0.1) is 6.42 Å². The summed E-state index contributed by atoms with van der Waals surface area (Å²) >= 11 is 0. The summed E-state index contributed by atoms with van der Waals surface area (Å²) in [4.78, 5) is 1.92. The first kappa shape index (κ1) is 17.1. The number of anilines is 2. The van der Waals surface area contributed by atoms with E-state index in [2.05, 4.69) is 12.0 Å². The summed E-state index contributed by atoms with van der Waals surface area (Å²) in [6, 6.07) is 17.1. The van der Waals surface area contributed by atoms with Gasteiger partial charge < -0.3 is 15.7 Å². The van der Waals surface area contributed by atoms with Crippen LogP contribution in [0.5, 0.6) is 0 Å². The number of nitrogens with zero attached hydrogens (tertiary/aromatic N) is 2. The largest absolute Gasteiger partial charge is 0.399 e. The van der Waals surface area contributed by atoms with Gasteiger partial charge in [-0.05, 0) is 41.5 Å². The summed E-state index contributed by atoms with van der Waals surface area (Å²) in [5.74, 6) is 2.58. The van der Waals surface area contributed by atoms with Crippen molar-refractivity contribution < 1.29 is 5.11 Å². The molecule has 2 aromatic carbocycles. The zero-order chi connectivity index (χ0) is 17.4. The summed E-state index contributed by atoms with van der Waals surface area (Å²) in [5.41, 5.74) is 9.58. The molecule has 0 saturated heterocycles. The molecule has 24 heavy (non-hydrogen) atoms. The number of rotatable bonds is 6. The van der Waals surface area contributed by atoms with Crippen LogP contribution in [0.2, 0.25) is 0 Å². The molecular formula is C20H19N3O. The molecule has 4 heteroatoms. The van der Waals surface area contributed by atoms with Gasteiger partial charge in [0.25, 0.3) is 0 Å². The van der Waals surface area contributed by atoms with Crippen molar-refractivity contribution in [3.63, 3.8) is 0 Å². The summed E-state index contributed by atoms with van der Waals surface area (Å²) in [5, 5.41) is 18.5. The molecule has 0 atom stereocenters. The van der Waals surface area contributed by atoms with Crippen molar-refractivity contribution in [1.82, 2.24) is 0 Å². The minimum atomic E-state index is 0.0407. The highest BCUT2D eigenvalue weighted by atomic mass is 16.3. The van der Waals surface area contributed by atoms with Gasteiger partial charge >= 0.3 is 0 Å². The predicted octanol–water partition coefficient (Wildman–Crippen LogP) is 2.76. The topological polar surface area (TPSA) is 73.3 Å². The highest BCUT2D eigenvalue weighted by molar-refractivity contribution is 5.90. The SMILES string of the molecule is C#CCN(CCO)c1ccc(/C=C(\C#N)c2ccc(N)cc2)cc1. The molecule has 2 rings (SSSR count). The maximum Gasteiger partial charge on any atom is 0.0998 e. The summed E-state index contributed by atoms with van der Waals surface area (Å²) in [7, 11) is 0. The molecule has 0 radical (unpaired) electrons. The molecule has 0 spiro atoms. The van der Waals surface area contributed by atoms with Crippen LogP contribution in [-0.4, -0.2) is 24.8 Å². The van der Waals surface area contributed by atoms with Crippen molar-refractivity contribution >= 4 is 23.0 Å². The van der Waals surface area contributed by atoms with Crippen LogP contribution >= 0.6 is 0 Å². The zero-order valence-corrected chi connectivity index (χ0v) is 13.3. The van der Waals surface area contributed by atoms with Crippen LogP contribution < -0.4 is 10.6 Å². The number of aliphatic hydroxyl groups excluding tert-OH is 1. The van der Waals surface area contributed by atoms with Gasteiger partial charge in [0.15, 0.2) is 0 Å². The first-order valence-corrected chi connectivity index (χ1v) is 7.55. The first-order chi connectivity index (χ1) is 11.7. The monoisotopic (exact) mass is 317 g/mol. The average molecular weight is 317 g/mol. The van der Waals surface area contributed by atoms with E-state index >= 15 is 0 Å². The van der Waals surface area contributed by atoms with Crippen molar-refractivity contribution in [2.24, 2.45) is 0 Å². The van der Waals surface area contributed by atoms with Gasteiger partial charge in [-0.3, -0.25) is 0 Å². The van der Waals surface area contributed by atoms with Crippen LogP contribution in [0.15, 0.2) is 48.5 Å². The Kier molecular flexibility index (Phi) is 6.02. The van der Waals surface area contributed by atoms with Gasteiger partial charge in [0.05, 0.1) is 24.8 Å². The van der Waals surface area contributed by atoms with Gasteiger partial charge in [0.1, 0.15) is 0 Å². The Morgan fingerprint density at radius 2 is 1.83 bits per heavy atom. The van der Waals surface area contributed by atoms with Gasteiger partial charge in [0.2, 0.25) is 0 Å². The van der Waals surface area contributed by atoms with Crippen LogP contribution in [0, 0.1) is 23.7 Å². The average Bonchev–Trinajstić information content (AvgIpc) is 2.61. The number of nitriles is 1. The van der Waals surface area contributed by atoms with Crippen molar-refractivity contribution in [1.29, 1.82) is 5.26 Å². The zero-order valence-electron chi connectivity index (χ0n) is 13.3. The molecule has 4 nitrogen and oxygen atoms in total. The molecule has 0 aliphatic rings. The van der Waals surface area contributed by atoms with Gasteiger partial charge in [-0.25, -0.2) is 0 Å². The molecule has 120 valence electrons. The van der Waals surface area contributed by atoms with E-state index in [1.807, 2.05) is 47.4 Å². The van der Waals surface area contributed by atoms with Gasteiger partial charge in [-0.2, -0.15) is 5.26 Å². The Bertz CT molecular complexity index is 778. The number of allylic oxidation sites excluding steroid dienone is 1. The number of nitrogens with two attached hydrogens (primary N) is 1. The molecule has 0 aromatic heterocycles. The summed E-state index contributed by atoms with van der Waals surface area (Å²) in [6.45, 7) is 0.956. The van der Waals surface area contributed by atoms with E-state index in [-0.39, 0.29) is 6.61 Å². The van der Waals surface area contributed by atoms with Crippen molar-refractivity contribution in [3.8, 4) is 18.4 Å². The van der Waals surface area contributed by atoms with E-state index in [1.54, 1.807) is 12.1 Å². The smallest absolute Gasteiger partial charge is 0.0998 e. The van der Waals surface area contributed by atoms with Crippen LogP contribution in [0.4, 0.5) is 11.4 Å². The standard InChI is InChI=1S/C20H19N3O/c1-2-11-23(12-13-24)20-9-3-16(4-10-20)14-18(15-21)17-5-7-19(22)8-6-17/h1,3-10,14,24H,11-13,22H2/b18-14+. The number of nitrogen functional groups attached to an aromatic ring is 1. The quantitative estimate of drug-likeness (QED) is 0.372. The number of hydrogen-bond donors (Lipinski definition) is 2. The Morgan fingerprint density at radius 1 is 1.17 bits per heavy atom. The van der Waals surface area contributed by atoms with Crippen LogP contribution in [0.3, 0.4) is 0 Å². The molecule has 0 aliphatic carbocycles. The fourth-order valence-electron chi connectivity index (χ4n) is 2.32. The third-order valence-electron chi connectivity index (χ3n) is 3.56.